The average Bonchev–Trinajstić information content (AvgIpc) is 3.73. The molecule has 0 unspecified atom stereocenters. The van der Waals surface area contributed by atoms with E-state index in [1.54, 1.807) is 31.5 Å². The number of anilines is 1. The van der Waals surface area contributed by atoms with Gasteiger partial charge in [-0.1, -0.05) is 12.5 Å². The number of aromatic hydroxyl groups is 1. The van der Waals surface area contributed by atoms with Gasteiger partial charge in [-0.2, -0.15) is 5.10 Å². The number of ether oxygens (including phenoxy) is 1. The summed E-state index contributed by atoms with van der Waals surface area (Å²) in [6.45, 7) is 1.82. The Morgan fingerprint density at radius 3 is 2.61 bits per heavy atom. The van der Waals surface area contributed by atoms with Crippen molar-refractivity contribution in [2.45, 2.75) is 75.8 Å². The number of halogens is 1. The summed E-state index contributed by atoms with van der Waals surface area (Å²) in [4.78, 5) is 6.66. The topological polar surface area (TPSA) is 109 Å². The third-order valence-electron chi connectivity index (χ3n) is 7.59. The Balaban J connectivity index is 1.25. The van der Waals surface area contributed by atoms with E-state index in [-0.39, 0.29) is 23.9 Å². The van der Waals surface area contributed by atoms with Gasteiger partial charge in [0.1, 0.15) is 29.1 Å². The van der Waals surface area contributed by atoms with Crippen LogP contribution in [-0.2, 0) is 0 Å². The largest absolute Gasteiger partial charge is 0.507 e. The fourth-order valence-electron chi connectivity index (χ4n) is 5.58. The van der Waals surface area contributed by atoms with E-state index in [2.05, 4.69) is 35.6 Å². The molecule has 2 bridgehead atoms. The lowest BCUT2D eigenvalue weighted by molar-refractivity contribution is 0.103. The minimum absolute atomic E-state index is 0.0340. The van der Waals surface area contributed by atoms with Gasteiger partial charge in [-0.25, -0.2) is 9.37 Å². The molecular formula is C26H30FN7O2. The van der Waals surface area contributed by atoms with Crippen molar-refractivity contribution in [2.75, 3.05) is 12.0 Å². The summed E-state index contributed by atoms with van der Waals surface area (Å²) >= 11 is 0. The van der Waals surface area contributed by atoms with Crippen LogP contribution in [0.25, 0.3) is 22.5 Å². The molecule has 2 aliphatic heterocycles. The van der Waals surface area contributed by atoms with Gasteiger partial charge in [0.2, 0.25) is 5.95 Å². The fraction of sp³-hybridized carbons (Fsp3) is 0.500. The normalized spacial score (nSPS) is 25.4. The lowest BCUT2D eigenvalue weighted by Gasteiger charge is -2.46. The molecule has 1 aliphatic carbocycles. The van der Waals surface area contributed by atoms with Crippen LogP contribution in [0.3, 0.4) is 0 Å². The predicted molar refractivity (Wildman–Crippen MR) is 133 cm³/mol. The first-order valence-electron chi connectivity index (χ1n) is 12.6. The molecule has 188 valence electrons. The second-order valence-corrected chi connectivity index (χ2v) is 10.0. The van der Waals surface area contributed by atoms with Crippen LogP contribution in [-0.4, -0.2) is 67.9 Å². The smallest absolute Gasteiger partial charge is 0.245 e. The molecule has 3 fully saturated rings. The van der Waals surface area contributed by atoms with Gasteiger partial charge in [-0.05, 0) is 51.2 Å². The van der Waals surface area contributed by atoms with Crippen LogP contribution >= 0.6 is 0 Å². The van der Waals surface area contributed by atoms with Crippen LogP contribution in [0.15, 0.2) is 30.5 Å². The Morgan fingerprint density at radius 2 is 1.89 bits per heavy atom. The van der Waals surface area contributed by atoms with Gasteiger partial charge >= 0.3 is 0 Å². The van der Waals surface area contributed by atoms with Crippen molar-refractivity contribution in [1.29, 1.82) is 0 Å². The third kappa shape index (κ3) is 4.23. The maximum atomic E-state index is 15.5. The number of fused-ring (bicyclic) bond motifs is 2. The van der Waals surface area contributed by atoms with Crippen LogP contribution in [0.5, 0.6) is 11.5 Å². The lowest BCUT2D eigenvalue weighted by atomic mass is 9.82. The molecule has 0 amide bonds. The molecule has 0 spiro atoms. The van der Waals surface area contributed by atoms with E-state index in [9.17, 15) is 5.11 Å². The van der Waals surface area contributed by atoms with E-state index >= 15 is 4.39 Å². The number of nitrogens with one attached hydrogen (secondary N) is 1. The summed E-state index contributed by atoms with van der Waals surface area (Å²) in [7, 11) is 1.58. The van der Waals surface area contributed by atoms with Gasteiger partial charge in [-0.3, -0.25) is 0 Å². The standard InChI is InChI=1S/C26H30FN7O2/c1-14-24(36-2)12-20(31-30-14)15-6-9-18(23(35)10-15)21-13-28-26(33-32-21)34(17-7-8-17)22-11-16-4-3-5-19(29-16)25(22)27/h6,9-10,12-13,16-17,19,22,25,29,35H,3-5,7-8,11H2,1-2H3/t16-,19-,22-,25+/m0/s1. The zero-order valence-electron chi connectivity index (χ0n) is 20.4. The first-order chi connectivity index (χ1) is 17.5. The van der Waals surface area contributed by atoms with E-state index in [1.165, 1.54) is 0 Å². The molecule has 4 atom stereocenters. The molecule has 2 N–H and O–H groups in total. The van der Waals surface area contributed by atoms with Crippen molar-refractivity contribution < 1.29 is 14.2 Å². The van der Waals surface area contributed by atoms with Crippen LogP contribution in [0.4, 0.5) is 10.3 Å². The summed E-state index contributed by atoms with van der Waals surface area (Å²) in [5.74, 6) is 1.13. The summed E-state index contributed by atoms with van der Waals surface area (Å²) in [5.41, 5.74) is 2.94. The molecule has 10 heteroatoms. The van der Waals surface area contributed by atoms with E-state index in [1.807, 2.05) is 13.0 Å². The van der Waals surface area contributed by atoms with Crippen molar-refractivity contribution in [2.24, 2.45) is 0 Å². The van der Waals surface area contributed by atoms with Crippen molar-refractivity contribution >= 4 is 5.95 Å². The molecule has 1 saturated carbocycles. The number of rotatable bonds is 6. The highest BCUT2D eigenvalue weighted by Gasteiger charge is 2.47. The number of phenols is 1. The Morgan fingerprint density at radius 1 is 1.06 bits per heavy atom. The Labute approximate surface area is 209 Å². The molecule has 9 nitrogen and oxygen atoms in total. The molecule has 3 aliphatic rings. The maximum Gasteiger partial charge on any atom is 0.245 e. The Kier molecular flexibility index (Phi) is 5.91. The molecule has 2 saturated heterocycles. The van der Waals surface area contributed by atoms with Crippen molar-refractivity contribution in [3.05, 3.63) is 36.2 Å². The zero-order chi connectivity index (χ0) is 24.8. The quantitative estimate of drug-likeness (QED) is 0.534. The molecule has 0 radical (unpaired) electrons. The molecule has 2 aromatic heterocycles. The summed E-state index contributed by atoms with van der Waals surface area (Å²) in [6, 6.07) is 7.28. The molecule has 4 heterocycles. The average molecular weight is 492 g/mol. The molecule has 3 aromatic rings. The van der Waals surface area contributed by atoms with Gasteiger partial charge in [-0.15, -0.1) is 15.3 Å². The minimum atomic E-state index is -0.953. The monoisotopic (exact) mass is 491 g/mol. The number of piperidine rings is 2. The van der Waals surface area contributed by atoms with Crippen LogP contribution in [0.1, 0.15) is 44.2 Å². The Bertz CT molecular complexity index is 1250. The summed E-state index contributed by atoms with van der Waals surface area (Å²) in [6.07, 6.45) is 6.50. The number of methoxy groups -OCH3 is 1. The minimum Gasteiger partial charge on any atom is -0.507 e. The van der Waals surface area contributed by atoms with Gasteiger partial charge in [0.05, 0.1) is 25.0 Å². The first kappa shape index (κ1) is 23.0. The van der Waals surface area contributed by atoms with Crippen molar-refractivity contribution in [3.63, 3.8) is 0 Å². The number of hydrogen-bond acceptors (Lipinski definition) is 9. The number of alkyl halides is 1. The van der Waals surface area contributed by atoms with Crippen molar-refractivity contribution in [3.8, 4) is 34.0 Å². The SMILES string of the molecule is COc1cc(-c2ccc(-c3cnc(N(C4CC4)[C@H]4C[C@@H]5CCC[C@H](N5)[C@H]4F)nn3)c(O)c2)nnc1C. The third-order valence-corrected chi connectivity index (χ3v) is 7.59. The zero-order valence-corrected chi connectivity index (χ0v) is 20.4. The Hall–Kier alpha value is -3.40. The van der Waals surface area contributed by atoms with E-state index in [0.717, 1.165) is 38.5 Å². The highest BCUT2D eigenvalue weighted by Crippen LogP contribution is 2.39. The molecule has 36 heavy (non-hydrogen) atoms. The van der Waals surface area contributed by atoms with E-state index in [4.69, 9.17) is 4.74 Å². The highest BCUT2D eigenvalue weighted by atomic mass is 19.1. The van der Waals surface area contributed by atoms with E-state index < -0.39 is 6.17 Å². The first-order valence-corrected chi connectivity index (χ1v) is 12.6. The molecule has 6 rings (SSSR count). The summed E-state index contributed by atoms with van der Waals surface area (Å²) in [5, 5.41) is 31.3. The lowest BCUT2D eigenvalue weighted by Crippen LogP contribution is -2.62. The van der Waals surface area contributed by atoms with Crippen LogP contribution < -0.4 is 15.0 Å². The van der Waals surface area contributed by atoms with Gasteiger partial charge in [0, 0.05) is 35.3 Å². The second kappa shape index (κ2) is 9.24. The number of hydrogen-bond donors (Lipinski definition) is 2. The number of aromatic nitrogens is 5. The summed E-state index contributed by atoms with van der Waals surface area (Å²) < 4.78 is 20.8. The molecule has 1 aromatic carbocycles. The van der Waals surface area contributed by atoms with Crippen LogP contribution in [0, 0.1) is 6.92 Å². The fourth-order valence-corrected chi connectivity index (χ4v) is 5.58. The second-order valence-electron chi connectivity index (χ2n) is 10.0. The number of benzene rings is 1. The highest BCUT2D eigenvalue weighted by molar-refractivity contribution is 5.73. The van der Waals surface area contributed by atoms with Gasteiger partial charge in [0.15, 0.2) is 0 Å². The van der Waals surface area contributed by atoms with E-state index in [0.29, 0.717) is 45.9 Å². The maximum absolute atomic E-state index is 15.5. The number of aryl methyl sites for hydroxylation is 1. The predicted octanol–water partition coefficient (Wildman–Crippen LogP) is 3.61. The van der Waals surface area contributed by atoms with Crippen molar-refractivity contribution in [1.82, 2.24) is 30.7 Å². The number of phenolic OH excluding ortho intramolecular Hbond substituents is 1. The van der Waals surface area contributed by atoms with Gasteiger partial charge < -0.3 is 20.1 Å². The molecular weight excluding hydrogens is 461 g/mol. The van der Waals surface area contributed by atoms with Gasteiger partial charge in [0.25, 0.3) is 0 Å². The van der Waals surface area contributed by atoms with Crippen LogP contribution in [0.2, 0.25) is 0 Å². The number of nitrogens with zero attached hydrogens (tertiary/aromatic N) is 6.